The molecule has 1 N–H and O–H groups in total. The van der Waals surface area contributed by atoms with Gasteiger partial charge in [-0.15, -0.1) is 0 Å². The van der Waals surface area contributed by atoms with Gasteiger partial charge in [0.25, 0.3) is 10.0 Å². The van der Waals surface area contributed by atoms with E-state index in [-0.39, 0.29) is 15.5 Å². The molecule has 0 aliphatic carbocycles. The van der Waals surface area contributed by atoms with Gasteiger partial charge < -0.3 is 4.42 Å². The number of benzene rings is 2. The summed E-state index contributed by atoms with van der Waals surface area (Å²) in [6.07, 6.45) is 0.956. The van der Waals surface area contributed by atoms with Gasteiger partial charge in [-0.05, 0) is 49.4 Å². The minimum Gasteiger partial charge on any atom is -0.461 e. The Morgan fingerprint density at radius 3 is 2.19 bits per heavy atom. The molecule has 0 bridgehead atoms. The average Bonchev–Trinajstić information content (AvgIpc) is 3.00. The van der Waals surface area contributed by atoms with Crippen LogP contribution in [0, 0.1) is 6.92 Å². The first-order valence-corrected chi connectivity index (χ1v) is 11.5. The fraction of sp³-hybridized carbons (Fsp3) is 0.111. The maximum absolute atomic E-state index is 12.9. The van der Waals surface area contributed by atoms with Crippen molar-refractivity contribution in [2.45, 2.75) is 16.7 Å². The maximum atomic E-state index is 12.9. The van der Waals surface area contributed by atoms with Crippen LogP contribution in [-0.4, -0.2) is 23.1 Å². The number of furan rings is 1. The normalized spacial score (nSPS) is 12.1. The molecule has 0 aliphatic heterocycles. The summed E-state index contributed by atoms with van der Waals surface area (Å²) in [5.74, 6) is 1.12. The molecule has 9 heteroatoms. The number of aryl methyl sites for hydroxylation is 1. The summed E-state index contributed by atoms with van der Waals surface area (Å²) >= 11 is 6.03. The van der Waals surface area contributed by atoms with Crippen LogP contribution in [0.4, 0.5) is 5.69 Å². The van der Waals surface area contributed by atoms with E-state index in [1.165, 1.54) is 30.3 Å². The van der Waals surface area contributed by atoms with Crippen molar-refractivity contribution < 1.29 is 21.3 Å². The van der Waals surface area contributed by atoms with E-state index in [2.05, 4.69) is 4.72 Å². The van der Waals surface area contributed by atoms with Crippen molar-refractivity contribution in [2.24, 2.45) is 0 Å². The van der Waals surface area contributed by atoms with Crippen LogP contribution in [0.1, 0.15) is 5.76 Å². The Morgan fingerprint density at radius 1 is 0.926 bits per heavy atom. The third-order valence-electron chi connectivity index (χ3n) is 3.77. The first-order chi connectivity index (χ1) is 12.6. The number of halogens is 1. The zero-order valence-corrected chi connectivity index (χ0v) is 16.8. The Labute approximate surface area is 162 Å². The van der Waals surface area contributed by atoms with Crippen molar-refractivity contribution >= 4 is 37.1 Å². The number of hydrogen-bond acceptors (Lipinski definition) is 5. The molecule has 1 heterocycles. The SMILES string of the molecule is Cc1ccc(-c2ccc(Cl)cc2NS(=O)(=O)c2ccccc2S(C)(=O)=O)o1. The molecule has 27 heavy (non-hydrogen) atoms. The molecule has 142 valence electrons. The summed E-state index contributed by atoms with van der Waals surface area (Å²) in [4.78, 5) is -0.621. The van der Waals surface area contributed by atoms with Crippen molar-refractivity contribution in [1.82, 2.24) is 0 Å². The van der Waals surface area contributed by atoms with E-state index in [0.717, 1.165) is 6.26 Å². The van der Waals surface area contributed by atoms with Crippen LogP contribution in [0.25, 0.3) is 11.3 Å². The van der Waals surface area contributed by atoms with E-state index in [9.17, 15) is 16.8 Å². The topological polar surface area (TPSA) is 93.5 Å². The zero-order valence-electron chi connectivity index (χ0n) is 14.4. The summed E-state index contributed by atoms with van der Waals surface area (Å²) in [7, 11) is -7.94. The Morgan fingerprint density at radius 2 is 1.59 bits per heavy atom. The molecule has 0 fully saturated rings. The number of anilines is 1. The van der Waals surface area contributed by atoms with Crippen LogP contribution in [0.5, 0.6) is 0 Å². The van der Waals surface area contributed by atoms with E-state index in [4.69, 9.17) is 16.0 Å². The van der Waals surface area contributed by atoms with E-state index in [1.807, 2.05) is 0 Å². The highest BCUT2D eigenvalue weighted by Gasteiger charge is 2.25. The second-order valence-electron chi connectivity index (χ2n) is 5.92. The van der Waals surface area contributed by atoms with E-state index in [1.54, 1.807) is 31.2 Å². The van der Waals surface area contributed by atoms with Gasteiger partial charge in [0.15, 0.2) is 9.84 Å². The molecule has 3 aromatic rings. The summed E-state index contributed by atoms with van der Waals surface area (Å²) in [5, 5.41) is 0.316. The fourth-order valence-corrected chi connectivity index (χ4v) is 5.45. The quantitative estimate of drug-likeness (QED) is 0.663. The van der Waals surface area contributed by atoms with Crippen LogP contribution in [0.3, 0.4) is 0 Å². The van der Waals surface area contributed by atoms with E-state index < -0.39 is 19.9 Å². The number of hydrogen-bond donors (Lipinski definition) is 1. The Bertz CT molecular complexity index is 1210. The van der Waals surface area contributed by atoms with Gasteiger partial charge >= 0.3 is 0 Å². The first kappa shape index (κ1) is 19.5. The van der Waals surface area contributed by atoms with Gasteiger partial charge in [0, 0.05) is 16.8 Å². The molecular formula is C18H16ClNO5S2. The molecule has 0 atom stereocenters. The standard InChI is InChI=1S/C18H16ClNO5S2/c1-12-7-10-16(25-12)14-9-8-13(19)11-15(14)20-27(23,24)18-6-4-3-5-17(18)26(2,21)22/h3-11,20H,1-2H3. The highest BCUT2D eigenvalue weighted by atomic mass is 35.5. The summed E-state index contributed by atoms with van der Waals surface area (Å²) in [6.45, 7) is 1.77. The van der Waals surface area contributed by atoms with Gasteiger partial charge in [-0.25, -0.2) is 16.8 Å². The Balaban J connectivity index is 2.12. The molecule has 0 spiro atoms. The molecule has 0 radical (unpaired) electrons. The van der Waals surface area contributed by atoms with Crippen LogP contribution in [0.2, 0.25) is 5.02 Å². The van der Waals surface area contributed by atoms with Crippen LogP contribution in [-0.2, 0) is 19.9 Å². The highest BCUT2D eigenvalue weighted by Crippen LogP contribution is 2.34. The summed E-state index contributed by atoms with van der Waals surface area (Å²) in [5.41, 5.74) is 0.660. The highest BCUT2D eigenvalue weighted by molar-refractivity contribution is 7.95. The van der Waals surface area contributed by atoms with Gasteiger partial charge in [-0.3, -0.25) is 4.72 Å². The fourth-order valence-electron chi connectivity index (χ4n) is 2.57. The molecule has 6 nitrogen and oxygen atoms in total. The molecule has 0 unspecified atom stereocenters. The summed E-state index contributed by atoms with van der Waals surface area (Å²) in [6, 6.07) is 13.5. The number of nitrogens with one attached hydrogen (secondary N) is 1. The lowest BCUT2D eigenvalue weighted by Crippen LogP contribution is -2.17. The summed E-state index contributed by atoms with van der Waals surface area (Å²) < 4.78 is 57.8. The molecular weight excluding hydrogens is 410 g/mol. The minimum absolute atomic E-state index is 0.181. The molecule has 0 amide bonds. The zero-order chi connectivity index (χ0) is 19.8. The molecule has 0 aliphatic rings. The van der Waals surface area contributed by atoms with Crippen molar-refractivity contribution in [1.29, 1.82) is 0 Å². The molecule has 1 aromatic heterocycles. The molecule has 0 saturated heterocycles. The lowest BCUT2D eigenvalue weighted by molar-refractivity contribution is 0.548. The number of sulfonamides is 1. The van der Waals surface area contributed by atoms with Crippen molar-refractivity contribution in [3.05, 3.63) is 65.4 Å². The number of rotatable bonds is 5. The van der Waals surface area contributed by atoms with Crippen molar-refractivity contribution in [3.63, 3.8) is 0 Å². The minimum atomic E-state index is -4.20. The van der Waals surface area contributed by atoms with Crippen molar-refractivity contribution in [2.75, 3.05) is 11.0 Å². The predicted molar refractivity (Wildman–Crippen MR) is 104 cm³/mol. The number of sulfone groups is 1. The average molecular weight is 426 g/mol. The monoisotopic (exact) mass is 425 g/mol. The van der Waals surface area contributed by atoms with E-state index >= 15 is 0 Å². The second-order valence-corrected chi connectivity index (χ2v) is 10.00. The smallest absolute Gasteiger partial charge is 0.263 e. The largest absolute Gasteiger partial charge is 0.461 e. The molecule has 0 saturated carbocycles. The Hall–Kier alpha value is -2.29. The maximum Gasteiger partial charge on any atom is 0.263 e. The molecule has 2 aromatic carbocycles. The third-order valence-corrected chi connectivity index (χ3v) is 6.71. The second kappa shape index (κ2) is 7.03. The Kier molecular flexibility index (Phi) is 5.07. The van der Waals surface area contributed by atoms with Gasteiger partial charge in [0.1, 0.15) is 16.4 Å². The predicted octanol–water partition coefficient (Wildman–Crippen LogP) is 4.11. The first-order valence-electron chi connectivity index (χ1n) is 7.76. The van der Waals surface area contributed by atoms with Gasteiger partial charge in [-0.2, -0.15) is 0 Å². The molecule has 3 rings (SSSR count). The van der Waals surface area contributed by atoms with Crippen molar-refractivity contribution in [3.8, 4) is 11.3 Å². The van der Waals surface area contributed by atoms with E-state index in [0.29, 0.717) is 22.1 Å². The van der Waals surface area contributed by atoms with Gasteiger partial charge in [0.05, 0.1) is 10.6 Å². The van der Waals surface area contributed by atoms with Crippen LogP contribution < -0.4 is 4.72 Å². The third kappa shape index (κ3) is 4.18. The van der Waals surface area contributed by atoms with Gasteiger partial charge in [-0.1, -0.05) is 23.7 Å². The lowest BCUT2D eigenvalue weighted by Gasteiger charge is -2.14. The van der Waals surface area contributed by atoms with Crippen LogP contribution >= 0.6 is 11.6 Å². The van der Waals surface area contributed by atoms with Gasteiger partial charge in [0.2, 0.25) is 0 Å². The lowest BCUT2D eigenvalue weighted by atomic mass is 10.1. The van der Waals surface area contributed by atoms with Crippen LogP contribution in [0.15, 0.2) is 68.8 Å².